The van der Waals surface area contributed by atoms with Crippen LogP contribution >= 0.6 is 23.2 Å². The lowest BCUT2D eigenvalue weighted by Gasteiger charge is -2.40. The van der Waals surface area contributed by atoms with Gasteiger partial charge >= 0.3 is 6.03 Å². The highest BCUT2D eigenvalue weighted by Gasteiger charge is 2.46. The molecule has 0 unspecified atom stereocenters. The maximum absolute atomic E-state index is 13.0. The number of aromatic nitrogens is 4. The Kier molecular flexibility index (Phi) is 9.48. The summed E-state index contributed by atoms with van der Waals surface area (Å²) >= 11 is 14.3. The van der Waals surface area contributed by atoms with E-state index in [9.17, 15) is 9.59 Å². The number of anilines is 2. The van der Waals surface area contributed by atoms with Gasteiger partial charge in [0.25, 0.3) is 5.56 Å². The molecule has 8 rings (SSSR count). The molecule has 0 radical (unpaired) electrons. The van der Waals surface area contributed by atoms with E-state index in [4.69, 9.17) is 37.7 Å². The van der Waals surface area contributed by atoms with Crippen molar-refractivity contribution in [2.75, 3.05) is 52.3 Å². The third-order valence-electron chi connectivity index (χ3n) is 10.9. The van der Waals surface area contributed by atoms with Crippen LogP contribution in [0.5, 0.6) is 5.88 Å². The lowest BCUT2D eigenvalue weighted by Crippen LogP contribution is -2.61. The maximum atomic E-state index is 13.0. The van der Waals surface area contributed by atoms with Crippen molar-refractivity contribution in [2.45, 2.75) is 37.3 Å². The van der Waals surface area contributed by atoms with Gasteiger partial charge in [-0.05, 0) is 49.4 Å². The van der Waals surface area contributed by atoms with E-state index in [0.29, 0.717) is 56.9 Å². The van der Waals surface area contributed by atoms with Gasteiger partial charge in [-0.2, -0.15) is 5.10 Å². The average molecular weight is 756 g/mol. The molecule has 3 aromatic heterocycles. The van der Waals surface area contributed by atoms with E-state index >= 15 is 0 Å². The van der Waals surface area contributed by atoms with Gasteiger partial charge in [-0.15, -0.1) is 0 Å². The van der Waals surface area contributed by atoms with Crippen LogP contribution in [0.2, 0.25) is 10.0 Å². The Labute approximate surface area is 317 Å². The second-order valence-corrected chi connectivity index (χ2v) is 14.7. The average Bonchev–Trinajstić information content (AvgIpc) is 3.78. The van der Waals surface area contributed by atoms with Crippen molar-refractivity contribution in [1.82, 2.24) is 34.9 Å². The normalized spacial score (nSPS) is 19.9. The minimum Gasteiger partial charge on any atom is -0.481 e. The summed E-state index contributed by atoms with van der Waals surface area (Å²) < 4.78 is 12.4. The minimum absolute atomic E-state index is 0.0130. The Bertz CT molecular complexity index is 2300. The SMILES string of the molecule is COCCN1CC[C@]2(CCN([C@@H]3CCc4cc(-c5cccc(-c6cccc(Nc7nccc8cnn(C)c(=O)c78)c6Cl)c5Cl)nc(OC)c43)C2)NC1=O. The highest BCUT2D eigenvalue weighted by molar-refractivity contribution is 6.39. The molecule has 2 aliphatic heterocycles. The molecule has 3 aliphatic rings. The molecule has 2 atom stereocenters. The Morgan fingerprint density at radius 3 is 2.58 bits per heavy atom. The second-order valence-electron chi connectivity index (χ2n) is 14.0. The number of rotatable bonds is 9. The molecule has 274 valence electrons. The fourth-order valence-electron chi connectivity index (χ4n) is 8.12. The van der Waals surface area contributed by atoms with Crippen LogP contribution in [0.25, 0.3) is 33.2 Å². The van der Waals surface area contributed by atoms with E-state index in [-0.39, 0.29) is 23.2 Å². The monoisotopic (exact) mass is 754 g/mol. The van der Waals surface area contributed by atoms with Gasteiger partial charge in [-0.3, -0.25) is 9.69 Å². The van der Waals surface area contributed by atoms with Crippen LogP contribution in [0.1, 0.15) is 36.4 Å². The number of halogens is 2. The topological polar surface area (TPSA) is 127 Å². The molecule has 5 heterocycles. The number of carbonyl (C=O) groups excluding carboxylic acids is 1. The fraction of sp³-hybridized carbons (Fsp3) is 0.359. The number of benzene rings is 2. The quantitative estimate of drug-likeness (QED) is 0.171. The zero-order valence-corrected chi connectivity index (χ0v) is 31.3. The van der Waals surface area contributed by atoms with Crippen LogP contribution in [0.15, 0.2) is 65.7 Å². The zero-order chi connectivity index (χ0) is 36.9. The largest absolute Gasteiger partial charge is 0.481 e. The number of carbonyl (C=O) groups is 1. The van der Waals surface area contributed by atoms with E-state index in [2.05, 4.69) is 31.7 Å². The number of hydrogen-bond donors (Lipinski definition) is 2. The first-order chi connectivity index (χ1) is 25.7. The molecular weight excluding hydrogens is 715 g/mol. The summed E-state index contributed by atoms with van der Waals surface area (Å²) in [5.41, 5.74) is 5.31. The van der Waals surface area contributed by atoms with Crippen LogP contribution in [0.3, 0.4) is 0 Å². The first-order valence-corrected chi connectivity index (χ1v) is 18.5. The highest BCUT2D eigenvalue weighted by Crippen LogP contribution is 2.47. The molecule has 1 aliphatic carbocycles. The van der Waals surface area contributed by atoms with Gasteiger partial charge in [-0.25, -0.2) is 19.4 Å². The fourth-order valence-corrected chi connectivity index (χ4v) is 8.72. The van der Waals surface area contributed by atoms with Crippen LogP contribution in [0.4, 0.5) is 16.3 Å². The van der Waals surface area contributed by atoms with Crippen LogP contribution in [0, 0.1) is 0 Å². The van der Waals surface area contributed by atoms with E-state index < -0.39 is 0 Å². The third kappa shape index (κ3) is 6.37. The predicted octanol–water partition coefficient (Wildman–Crippen LogP) is 6.61. The summed E-state index contributed by atoms with van der Waals surface area (Å²) in [5.74, 6) is 0.975. The van der Waals surface area contributed by atoms with E-state index in [1.807, 2.05) is 41.3 Å². The van der Waals surface area contributed by atoms with Gasteiger partial charge in [0, 0.05) is 80.2 Å². The molecule has 14 heteroatoms. The number of methoxy groups -OCH3 is 2. The molecule has 0 bridgehead atoms. The lowest BCUT2D eigenvalue weighted by atomic mass is 9.92. The third-order valence-corrected chi connectivity index (χ3v) is 11.7. The smallest absolute Gasteiger partial charge is 0.317 e. The number of aryl methyl sites for hydroxylation is 2. The number of ether oxygens (including phenoxy) is 2. The van der Waals surface area contributed by atoms with Gasteiger partial charge in [0.15, 0.2) is 0 Å². The molecule has 2 amide bonds. The van der Waals surface area contributed by atoms with E-state index in [1.165, 1.54) is 10.2 Å². The molecule has 2 fully saturated rings. The maximum Gasteiger partial charge on any atom is 0.317 e. The number of hydrogen-bond acceptors (Lipinski definition) is 9. The van der Waals surface area contributed by atoms with Crippen LogP contribution in [-0.4, -0.2) is 88.1 Å². The summed E-state index contributed by atoms with van der Waals surface area (Å²) in [4.78, 5) is 39.7. The zero-order valence-electron chi connectivity index (χ0n) is 29.8. The van der Waals surface area contributed by atoms with Gasteiger partial charge in [0.2, 0.25) is 5.88 Å². The lowest BCUT2D eigenvalue weighted by molar-refractivity contribution is 0.114. The number of urea groups is 1. The molecule has 12 nitrogen and oxygen atoms in total. The number of nitrogens with one attached hydrogen (secondary N) is 2. The summed E-state index contributed by atoms with van der Waals surface area (Å²) in [6, 6.07) is 15.5. The van der Waals surface area contributed by atoms with Gasteiger partial charge < -0.3 is 25.0 Å². The van der Waals surface area contributed by atoms with Crippen molar-refractivity contribution in [2.24, 2.45) is 7.05 Å². The van der Waals surface area contributed by atoms with Crippen molar-refractivity contribution in [3.63, 3.8) is 0 Å². The van der Waals surface area contributed by atoms with Crippen LogP contribution < -0.4 is 20.9 Å². The standard InChI is InChI=1S/C39H40Cl2N8O4/c1-47-37(50)32-24(21-43-47)12-15-42-35(32)44-28-9-5-7-26(34(28)41)25-6-4-8-27(33(25)40)29-20-23-10-11-30(31(23)36(45-29)53-3)49-17-14-39(22-49)13-16-48(18-19-52-2)38(51)46-39/h4-9,12,15,20-21,30H,10-11,13-14,16-19,22H2,1-3H3,(H,42,44)(H,46,51)/t30-,39-/m1/s1. The number of amides is 2. The van der Waals surface area contributed by atoms with Gasteiger partial charge in [0.1, 0.15) is 5.82 Å². The molecule has 0 saturated carbocycles. The Hall–Kier alpha value is -4.75. The summed E-state index contributed by atoms with van der Waals surface area (Å²) in [6.07, 6.45) is 6.89. The van der Waals surface area contributed by atoms with Crippen molar-refractivity contribution >= 4 is 51.5 Å². The molecule has 2 saturated heterocycles. The van der Waals surface area contributed by atoms with Crippen LogP contribution in [-0.2, 0) is 18.2 Å². The Morgan fingerprint density at radius 2 is 1.79 bits per heavy atom. The molecule has 1 spiro atoms. The predicted molar refractivity (Wildman–Crippen MR) is 206 cm³/mol. The molecule has 5 aromatic rings. The van der Waals surface area contributed by atoms with E-state index in [0.717, 1.165) is 67.7 Å². The first kappa shape index (κ1) is 35.3. The van der Waals surface area contributed by atoms with Gasteiger partial charge in [0.05, 0.1) is 52.3 Å². The molecule has 2 aromatic carbocycles. The molecule has 2 N–H and O–H groups in total. The van der Waals surface area contributed by atoms with Crippen molar-refractivity contribution in [3.05, 3.63) is 92.5 Å². The summed E-state index contributed by atoms with van der Waals surface area (Å²) in [6.45, 7) is 3.53. The number of pyridine rings is 2. The number of fused-ring (bicyclic) bond motifs is 2. The first-order valence-electron chi connectivity index (χ1n) is 17.7. The summed E-state index contributed by atoms with van der Waals surface area (Å²) in [5, 5.41) is 12.8. The van der Waals surface area contributed by atoms with E-state index in [1.54, 1.807) is 39.7 Å². The summed E-state index contributed by atoms with van der Waals surface area (Å²) in [7, 11) is 4.92. The Morgan fingerprint density at radius 1 is 1.02 bits per heavy atom. The number of likely N-dealkylation sites (tertiary alicyclic amines) is 1. The minimum atomic E-state index is -0.266. The highest BCUT2D eigenvalue weighted by atomic mass is 35.5. The van der Waals surface area contributed by atoms with Crippen molar-refractivity contribution in [3.8, 4) is 28.3 Å². The van der Waals surface area contributed by atoms with Gasteiger partial charge in [-0.1, -0.05) is 53.5 Å². The number of nitrogens with zero attached hydrogens (tertiary/aromatic N) is 6. The van der Waals surface area contributed by atoms with Crippen molar-refractivity contribution < 1.29 is 14.3 Å². The Balaban J connectivity index is 1.07. The molecule has 53 heavy (non-hydrogen) atoms. The second kappa shape index (κ2) is 14.2. The van der Waals surface area contributed by atoms with Crippen molar-refractivity contribution in [1.29, 1.82) is 0 Å². The molecular formula is C39H40Cl2N8O4.